The molecule has 3 heterocycles. The second-order valence-corrected chi connectivity index (χ2v) is 10.2. The summed E-state index contributed by atoms with van der Waals surface area (Å²) >= 11 is 0. The van der Waals surface area contributed by atoms with Crippen LogP contribution in [0.1, 0.15) is 25.8 Å². The van der Waals surface area contributed by atoms with Gasteiger partial charge in [-0.3, -0.25) is 4.90 Å². The van der Waals surface area contributed by atoms with E-state index < -0.39 is 0 Å². The molecular weight excluding hydrogens is 511 g/mol. The van der Waals surface area contributed by atoms with E-state index in [4.69, 9.17) is 19.4 Å². The molecule has 0 aliphatic carbocycles. The van der Waals surface area contributed by atoms with Crippen LogP contribution in [0.3, 0.4) is 0 Å². The van der Waals surface area contributed by atoms with Crippen LogP contribution >= 0.6 is 0 Å². The molecule has 4 aromatic rings. The van der Waals surface area contributed by atoms with Crippen LogP contribution in [-0.4, -0.2) is 77.0 Å². The zero-order valence-corrected chi connectivity index (χ0v) is 23.4. The highest BCUT2D eigenvalue weighted by Crippen LogP contribution is 2.32. The van der Waals surface area contributed by atoms with Crippen molar-refractivity contribution in [1.29, 1.82) is 0 Å². The Morgan fingerprint density at radius 1 is 0.900 bits per heavy atom. The standard InChI is InChI=1S/C29H35FN8O2/c1-19(2)11-12-37-13-15-38(16-14-37)28-25-27(33-29(34-28)31-18-20-5-8-22(30)9-6-20)36-35-26(32-25)21-7-10-23(39-3)24(17-21)40-4/h5-10,17,19H,11-16,18H2,1-4H3,(H,31,33,34,36). The third-order valence-electron chi connectivity index (χ3n) is 7.00. The van der Waals surface area contributed by atoms with E-state index in [9.17, 15) is 4.39 Å². The molecule has 11 heteroatoms. The molecule has 1 aliphatic heterocycles. The molecule has 1 N–H and O–H groups in total. The lowest BCUT2D eigenvalue weighted by molar-refractivity contribution is 0.243. The maximum Gasteiger partial charge on any atom is 0.227 e. The van der Waals surface area contributed by atoms with Gasteiger partial charge in [0.15, 0.2) is 28.7 Å². The fourth-order valence-corrected chi connectivity index (χ4v) is 4.63. The van der Waals surface area contributed by atoms with Crippen molar-refractivity contribution in [3.8, 4) is 22.9 Å². The van der Waals surface area contributed by atoms with E-state index in [0.717, 1.165) is 43.9 Å². The molecule has 0 atom stereocenters. The molecule has 0 bridgehead atoms. The zero-order chi connectivity index (χ0) is 28.1. The number of piperazine rings is 1. The summed E-state index contributed by atoms with van der Waals surface area (Å²) in [6, 6.07) is 11.9. The van der Waals surface area contributed by atoms with Gasteiger partial charge in [0.25, 0.3) is 0 Å². The van der Waals surface area contributed by atoms with Gasteiger partial charge < -0.3 is 19.7 Å². The molecule has 1 saturated heterocycles. The van der Waals surface area contributed by atoms with Crippen molar-refractivity contribution in [2.24, 2.45) is 5.92 Å². The SMILES string of the molecule is COc1ccc(-c2nnc3nc(NCc4ccc(F)cc4)nc(N4CCN(CCC(C)C)CC4)c3n2)cc1OC. The van der Waals surface area contributed by atoms with Crippen molar-refractivity contribution >= 4 is 22.9 Å². The average molecular weight is 547 g/mol. The summed E-state index contributed by atoms with van der Waals surface area (Å²) in [5.41, 5.74) is 2.65. The second kappa shape index (κ2) is 12.4. The van der Waals surface area contributed by atoms with Gasteiger partial charge in [0.05, 0.1) is 14.2 Å². The Balaban J connectivity index is 1.47. The van der Waals surface area contributed by atoms with E-state index in [1.807, 2.05) is 18.2 Å². The molecule has 210 valence electrons. The first-order chi connectivity index (χ1) is 19.4. The third kappa shape index (κ3) is 6.36. The Labute approximate surface area is 233 Å². The number of fused-ring (bicyclic) bond motifs is 1. The quantitative estimate of drug-likeness (QED) is 0.308. The van der Waals surface area contributed by atoms with E-state index in [1.165, 1.54) is 18.6 Å². The number of nitrogens with zero attached hydrogens (tertiary/aromatic N) is 7. The lowest BCUT2D eigenvalue weighted by Crippen LogP contribution is -2.47. The van der Waals surface area contributed by atoms with Gasteiger partial charge in [0, 0.05) is 38.3 Å². The molecule has 40 heavy (non-hydrogen) atoms. The first-order valence-electron chi connectivity index (χ1n) is 13.5. The Hall–Kier alpha value is -4.12. The molecule has 1 fully saturated rings. The summed E-state index contributed by atoms with van der Waals surface area (Å²) in [6.07, 6.45) is 1.18. The van der Waals surface area contributed by atoms with Gasteiger partial charge in [-0.1, -0.05) is 26.0 Å². The molecule has 0 spiro atoms. The molecule has 0 unspecified atom stereocenters. The maximum atomic E-state index is 13.3. The number of hydrogen-bond donors (Lipinski definition) is 1. The van der Waals surface area contributed by atoms with Crippen LogP contribution in [0.25, 0.3) is 22.6 Å². The Morgan fingerprint density at radius 3 is 2.35 bits per heavy atom. The number of hydrogen-bond acceptors (Lipinski definition) is 10. The number of anilines is 2. The number of rotatable bonds is 10. The van der Waals surface area contributed by atoms with Crippen LogP contribution in [0.2, 0.25) is 0 Å². The summed E-state index contributed by atoms with van der Waals surface area (Å²) in [6.45, 7) is 9.56. The predicted octanol–water partition coefficient (Wildman–Crippen LogP) is 4.42. The normalized spacial score (nSPS) is 14.1. The molecule has 1 aliphatic rings. The van der Waals surface area contributed by atoms with Crippen LogP contribution in [0.15, 0.2) is 42.5 Å². The minimum absolute atomic E-state index is 0.271. The number of methoxy groups -OCH3 is 2. The molecule has 0 saturated carbocycles. The van der Waals surface area contributed by atoms with Crippen molar-refractivity contribution in [2.45, 2.75) is 26.8 Å². The molecule has 2 aromatic carbocycles. The highest BCUT2D eigenvalue weighted by atomic mass is 19.1. The van der Waals surface area contributed by atoms with Crippen molar-refractivity contribution < 1.29 is 13.9 Å². The minimum Gasteiger partial charge on any atom is -0.493 e. The van der Waals surface area contributed by atoms with Gasteiger partial charge in [-0.25, -0.2) is 9.37 Å². The van der Waals surface area contributed by atoms with Crippen LogP contribution < -0.4 is 19.7 Å². The van der Waals surface area contributed by atoms with Crippen molar-refractivity contribution in [1.82, 2.24) is 30.0 Å². The number of halogens is 1. The van der Waals surface area contributed by atoms with Gasteiger partial charge in [-0.15, -0.1) is 10.2 Å². The number of benzene rings is 2. The summed E-state index contributed by atoms with van der Waals surface area (Å²) < 4.78 is 24.2. The van der Waals surface area contributed by atoms with Crippen LogP contribution in [0.4, 0.5) is 16.2 Å². The molecule has 2 aromatic heterocycles. The van der Waals surface area contributed by atoms with Gasteiger partial charge in [0.2, 0.25) is 11.6 Å². The summed E-state index contributed by atoms with van der Waals surface area (Å²) in [4.78, 5) is 19.1. The third-order valence-corrected chi connectivity index (χ3v) is 7.00. The van der Waals surface area contributed by atoms with Gasteiger partial charge in [-0.05, 0) is 54.8 Å². The van der Waals surface area contributed by atoms with Gasteiger partial charge >= 0.3 is 0 Å². The number of ether oxygens (including phenoxy) is 2. The Kier molecular flexibility index (Phi) is 8.49. The first kappa shape index (κ1) is 27.4. The number of nitrogens with one attached hydrogen (secondary N) is 1. The first-order valence-corrected chi connectivity index (χ1v) is 13.5. The van der Waals surface area contributed by atoms with E-state index in [0.29, 0.717) is 52.7 Å². The van der Waals surface area contributed by atoms with Gasteiger partial charge in [-0.2, -0.15) is 9.97 Å². The Morgan fingerprint density at radius 2 is 1.65 bits per heavy atom. The fraction of sp³-hybridized carbons (Fsp3) is 0.414. The lowest BCUT2D eigenvalue weighted by Gasteiger charge is -2.35. The average Bonchev–Trinajstić information content (AvgIpc) is 2.99. The van der Waals surface area contributed by atoms with Gasteiger partial charge in [0.1, 0.15) is 5.82 Å². The van der Waals surface area contributed by atoms with Crippen molar-refractivity contribution in [3.05, 3.63) is 53.8 Å². The van der Waals surface area contributed by atoms with Crippen LogP contribution in [0, 0.1) is 11.7 Å². The number of aromatic nitrogens is 5. The summed E-state index contributed by atoms with van der Waals surface area (Å²) in [5.74, 6) is 3.19. The predicted molar refractivity (Wildman–Crippen MR) is 153 cm³/mol. The monoisotopic (exact) mass is 546 g/mol. The van der Waals surface area contributed by atoms with E-state index >= 15 is 0 Å². The minimum atomic E-state index is -0.271. The van der Waals surface area contributed by atoms with Crippen molar-refractivity contribution in [3.63, 3.8) is 0 Å². The molecule has 10 nitrogen and oxygen atoms in total. The summed E-state index contributed by atoms with van der Waals surface area (Å²) in [7, 11) is 3.19. The fourth-order valence-electron chi connectivity index (χ4n) is 4.63. The smallest absolute Gasteiger partial charge is 0.227 e. The molecule has 0 amide bonds. The highest BCUT2D eigenvalue weighted by Gasteiger charge is 2.23. The van der Waals surface area contributed by atoms with Crippen molar-refractivity contribution in [2.75, 3.05) is 57.2 Å². The Bertz CT molecular complexity index is 1440. The second-order valence-electron chi connectivity index (χ2n) is 10.2. The molecular formula is C29H35FN8O2. The van der Waals surface area contributed by atoms with E-state index in [2.05, 4.69) is 44.1 Å². The summed E-state index contributed by atoms with van der Waals surface area (Å²) in [5, 5.41) is 12.1. The van der Waals surface area contributed by atoms with E-state index in [1.54, 1.807) is 26.4 Å². The van der Waals surface area contributed by atoms with Crippen LogP contribution in [-0.2, 0) is 6.54 Å². The van der Waals surface area contributed by atoms with Crippen LogP contribution in [0.5, 0.6) is 11.5 Å². The van der Waals surface area contributed by atoms with E-state index in [-0.39, 0.29) is 5.82 Å². The highest BCUT2D eigenvalue weighted by molar-refractivity contribution is 5.85. The zero-order valence-electron chi connectivity index (χ0n) is 23.4. The lowest BCUT2D eigenvalue weighted by atomic mass is 10.1. The largest absolute Gasteiger partial charge is 0.493 e. The molecule has 0 radical (unpaired) electrons. The topological polar surface area (TPSA) is 101 Å². The molecule has 5 rings (SSSR count). The maximum absolute atomic E-state index is 13.3.